The molecular formula is C2H8O8P2Zn2. The average Bonchev–Trinajstić information content (AvgIpc) is 1.58. The molecule has 0 aliphatic carbocycles. The van der Waals surface area contributed by atoms with Crippen molar-refractivity contribution in [3.8, 4) is 0 Å². The van der Waals surface area contributed by atoms with E-state index in [1.54, 1.807) is 0 Å². The molecular weight excluding hydrogens is 345 g/mol. The summed E-state index contributed by atoms with van der Waals surface area (Å²) < 4.78 is 20.5. The molecule has 0 rings (SSSR count). The molecule has 0 amide bonds. The zero-order chi connectivity index (χ0) is 9.50. The van der Waals surface area contributed by atoms with Crippen LogP contribution in [0.15, 0.2) is 0 Å². The molecule has 0 radical (unpaired) electrons. The van der Waals surface area contributed by atoms with Crippen LogP contribution in [0, 0.1) is 0 Å². The SMILES string of the molecule is CC(O)(P(=O)(O)O)P(=O)(O)O.[O-2].[Zn+2].[Zn]. The number of hydrogen-bond donors (Lipinski definition) is 5. The van der Waals surface area contributed by atoms with E-state index in [0.717, 1.165) is 0 Å². The first-order chi connectivity index (χ1) is 4.50. The molecule has 0 heterocycles. The summed E-state index contributed by atoms with van der Waals surface area (Å²) in [5, 5.41) is 5.37. The molecule has 0 aromatic carbocycles. The molecule has 0 fully saturated rings. The number of rotatable bonds is 2. The largest absolute Gasteiger partial charge is 2.00 e. The Morgan fingerprint density at radius 3 is 1.14 bits per heavy atom. The van der Waals surface area contributed by atoms with Gasteiger partial charge < -0.3 is 30.2 Å². The van der Waals surface area contributed by atoms with Gasteiger partial charge in [-0.05, 0) is 6.92 Å². The number of hydrogen-bond acceptors (Lipinski definition) is 3. The van der Waals surface area contributed by atoms with Crippen molar-refractivity contribution in [2.24, 2.45) is 0 Å². The maximum Gasteiger partial charge on any atom is 2.00 e. The minimum absolute atomic E-state index is 0. The fourth-order valence-corrected chi connectivity index (χ4v) is 1.53. The van der Waals surface area contributed by atoms with Gasteiger partial charge in [-0.1, -0.05) is 0 Å². The van der Waals surface area contributed by atoms with Crippen LogP contribution in [0.4, 0.5) is 0 Å². The van der Waals surface area contributed by atoms with Crippen LogP contribution < -0.4 is 0 Å². The summed E-state index contributed by atoms with van der Waals surface area (Å²) in [5.41, 5.74) is 0. The van der Waals surface area contributed by atoms with Crippen LogP contribution in [-0.4, -0.2) is 29.8 Å². The Labute approximate surface area is 105 Å². The quantitative estimate of drug-likeness (QED) is 0.310. The van der Waals surface area contributed by atoms with Gasteiger partial charge in [-0.25, -0.2) is 0 Å². The van der Waals surface area contributed by atoms with Crippen LogP contribution in [0.2, 0.25) is 0 Å². The van der Waals surface area contributed by atoms with Gasteiger partial charge in [0.15, 0.2) is 0 Å². The van der Waals surface area contributed by atoms with E-state index in [-0.39, 0.29) is 44.4 Å². The normalized spacial score (nSPS) is 11.9. The van der Waals surface area contributed by atoms with Gasteiger partial charge in [-0.2, -0.15) is 0 Å². The maximum atomic E-state index is 10.3. The Morgan fingerprint density at radius 1 is 1.00 bits per heavy atom. The molecule has 0 saturated heterocycles. The first-order valence-electron chi connectivity index (χ1n) is 2.34. The van der Waals surface area contributed by atoms with Crippen LogP contribution in [-0.2, 0) is 53.6 Å². The average molecular weight is 353 g/mol. The van der Waals surface area contributed by atoms with E-state index in [2.05, 4.69) is 0 Å². The summed E-state index contributed by atoms with van der Waals surface area (Å²) >= 11 is 0. The van der Waals surface area contributed by atoms with E-state index in [9.17, 15) is 9.13 Å². The van der Waals surface area contributed by atoms with Crippen molar-refractivity contribution in [3.63, 3.8) is 0 Å². The first-order valence-corrected chi connectivity index (χ1v) is 5.56. The van der Waals surface area contributed by atoms with Crippen LogP contribution in [0.5, 0.6) is 0 Å². The summed E-state index contributed by atoms with van der Waals surface area (Å²) in [6.07, 6.45) is 0. The first kappa shape index (κ1) is 24.6. The molecule has 0 bridgehead atoms. The minimum Gasteiger partial charge on any atom is -2.00 e. The summed E-state index contributed by atoms with van der Waals surface area (Å²) in [5.74, 6) is 0. The zero-order valence-corrected chi connectivity index (χ0v) is 15.0. The van der Waals surface area contributed by atoms with Gasteiger partial charge in [-0.3, -0.25) is 9.13 Å². The molecule has 0 saturated carbocycles. The minimum atomic E-state index is -5.20. The molecule has 8 nitrogen and oxygen atoms in total. The Bertz CT molecular complexity index is 216. The van der Waals surface area contributed by atoms with Gasteiger partial charge in [0.05, 0.1) is 0 Å². The Balaban J connectivity index is -0.000000167. The molecule has 0 aliphatic heterocycles. The number of aliphatic hydroxyl groups is 1. The third-order valence-electron chi connectivity index (χ3n) is 1.10. The molecule has 5 N–H and O–H groups in total. The fraction of sp³-hybridized carbons (Fsp3) is 1.00. The Morgan fingerprint density at radius 2 is 1.14 bits per heavy atom. The van der Waals surface area contributed by atoms with Gasteiger partial charge >= 0.3 is 34.7 Å². The van der Waals surface area contributed by atoms with E-state index in [0.29, 0.717) is 6.92 Å². The predicted molar refractivity (Wildman–Crippen MR) is 35.4 cm³/mol. The van der Waals surface area contributed by atoms with Crippen LogP contribution >= 0.6 is 15.2 Å². The second kappa shape index (κ2) is 6.92. The molecule has 0 atom stereocenters. The zero-order valence-electron chi connectivity index (χ0n) is 7.27. The molecule has 14 heavy (non-hydrogen) atoms. The molecule has 0 aromatic rings. The van der Waals surface area contributed by atoms with Crippen molar-refractivity contribution in [3.05, 3.63) is 0 Å². The van der Waals surface area contributed by atoms with Gasteiger partial charge in [0.1, 0.15) is 0 Å². The Kier molecular flexibility index (Phi) is 12.2. The van der Waals surface area contributed by atoms with E-state index in [4.69, 9.17) is 24.7 Å². The van der Waals surface area contributed by atoms with Crippen molar-refractivity contribution in [2.75, 3.05) is 0 Å². The molecule has 0 aliphatic rings. The van der Waals surface area contributed by atoms with Gasteiger partial charge in [0, 0.05) is 19.5 Å². The predicted octanol–water partition coefficient (Wildman–Crippen LogP) is -1.12. The van der Waals surface area contributed by atoms with Crippen LogP contribution in [0.25, 0.3) is 0 Å². The maximum absolute atomic E-state index is 10.3. The van der Waals surface area contributed by atoms with E-state index in [1.165, 1.54) is 0 Å². The van der Waals surface area contributed by atoms with Crippen LogP contribution in [0.3, 0.4) is 0 Å². The molecule has 0 unspecified atom stereocenters. The molecule has 0 aromatic heterocycles. The standard InChI is InChI=1S/C2H8O7P2.O.2Zn/c1-2(3,10(4,5)6)11(7,8)9;;;/h3H,1H3,(H2,4,5,6)(H2,7,8,9);;;/q;-2;;+2. The third-order valence-corrected chi connectivity index (χ3v) is 4.87. The topological polar surface area (TPSA) is 164 Å². The summed E-state index contributed by atoms with van der Waals surface area (Å²) in [6, 6.07) is 0. The van der Waals surface area contributed by atoms with E-state index in [1.807, 2.05) is 0 Å². The molecule has 12 heteroatoms. The van der Waals surface area contributed by atoms with Crippen molar-refractivity contribution >= 4 is 15.2 Å². The third kappa shape index (κ3) is 5.52. The van der Waals surface area contributed by atoms with Gasteiger partial charge in [-0.15, -0.1) is 0 Å². The smallest absolute Gasteiger partial charge is 2.00 e. The summed E-state index contributed by atoms with van der Waals surface area (Å²) in [4.78, 5) is 33.0. The fourth-order valence-electron chi connectivity index (χ4n) is 0.170. The van der Waals surface area contributed by atoms with Crippen LogP contribution in [0.1, 0.15) is 6.92 Å². The summed E-state index contributed by atoms with van der Waals surface area (Å²) in [6.45, 7) is 0.383. The Hall–Kier alpha value is 1.47. The van der Waals surface area contributed by atoms with Crippen molar-refractivity contribution in [1.82, 2.24) is 0 Å². The van der Waals surface area contributed by atoms with Crippen molar-refractivity contribution in [2.45, 2.75) is 12.0 Å². The van der Waals surface area contributed by atoms with E-state index >= 15 is 0 Å². The summed E-state index contributed by atoms with van der Waals surface area (Å²) in [7, 11) is -10.4. The second-order valence-electron chi connectivity index (χ2n) is 2.06. The molecule has 0 spiro atoms. The van der Waals surface area contributed by atoms with Crippen molar-refractivity contribution < 1.29 is 78.2 Å². The van der Waals surface area contributed by atoms with E-state index < -0.39 is 20.3 Å². The van der Waals surface area contributed by atoms with Crippen molar-refractivity contribution in [1.29, 1.82) is 0 Å². The van der Waals surface area contributed by atoms with Gasteiger partial charge in [0.2, 0.25) is 0 Å². The molecule has 78 valence electrons. The monoisotopic (exact) mass is 350 g/mol. The second-order valence-corrected chi connectivity index (χ2v) is 6.33. The van der Waals surface area contributed by atoms with Gasteiger partial charge in [0.25, 0.3) is 5.08 Å².